The van der Waals surface area contributed by atoms with Gasteiger partial charge in [-0.2, -0.15) is 5.26 Å². The maximum absolute atomic E-state index is 10.1. The van der Waals surface area contributed by atoms with Gasteiger partial charge in [0.2, 0.25) is 5.69 Å². The Kier molecular flexibility index (Phi) is 6.61. The van der Waals surface area contributed by atoms with Crippen LogP contribution in [0.4, 0.5) is 5.69 Å². The summed E-state index contributed by atoms with van der Waals surface area (Å²) in [6.07, 6.45) is 0. The first kappa shape index (κ1) is 30.7. The van der Waals surface area contributed by atoms with Gasteiger partial charge in [0.25, 0.3) is 0 Å². The van der Waals surface area contributed by atoms with Crippen LogP contribution in [-0.2, 0) is 0 Å². The first-order chi connectivity index (χ1) is 27.2. The predicted octanol–water partition coefficient (Wildman–Crippen LogP) is 13.1. The molecule has 55 heavy (non-hydrogen) atoms. The van der Waals surface area contributed by atoms with Gasteiger partial charge in [0.1, 0.15) is 0 Å². The van der Waals surface area contributed by atoms with Crippen LogP contribution in [0.2, 0.25) is 0 Å². The van der Waals surface area contributed by atoms with Gasteiger partial charge in [-0.3, -0.25) is 0 Å². The van der Waals surface area contributed by atoms with Crippen LogP contribution in [0.1, 0.15) is 5.56 Å². The van der Waals surface area contributed by atoms with Crippen molar-refractivity contribution in [3.05, 3.63) is 193 Å². The Morgan fingerprint density at radius 3 is 1.58 bits per heavy atom. The summed E-state index contributed by atoms with van der Waals surface area (Å²) in [6.45, 7) is 8.24. The summed E-state index contributed by atoms with van der Waals surface area (Å²) in [7, 11) is 0. The van der Waals surface area contributed by atoms with E-state index >= 15 is 0 Å². The maximum atomic E-state index is 10.1. The van der Waals surface area contributed by atoms with E-state index in [1.165, 1.54) is 32.6 Å². The third kappa shape index (κ3) is 4.33. The molecule has 0 bridgehead atoms. The van der Waals surface area contributed by atoms with Gasteiger partial charge in [-0.1, -0.05) is 115 Å². The Labute approximate surface area is 316 Å². The number of fused-ring (bicyclic) bond motifs is 9. The number of nitrogens with zero attached hydrogens (tertiary/aromatic N) is 5. The molecule has 11 rings (SSSR count). The van der Waals surface area contributed by atoms with Crippen molar-refractivity contribution in [3.8, 4) is 34.3 Å². The Hall–Kier alpha value is -7.86. The topological polar surface area (TPSA) is 42.9 Å². The molecule has 3 aromatic heterocycles. The van der Waals surface area contributed by atoms with Crippen LogP contribution >= 0.6 is 0 Å². The maximum Gasteiger partial charge on any atom is 0.211 e. The van der Waals surface area contributed by atoms with Gasteiger partial charge < -0.3 is 13.7 Å². The van der Waals surface area contributed by atoms with Gasteiger partial charge >= 0.3 is 0 Å². The van der Waals surface area contributed by atoms with Crippen LogP contribution < -0.4 is 0 Å². The third-order valence-electron chi connectivity index (χ3n) is 11.1. The van der Waals surface area contributed by atoms with Crippen molar-refractivity contribution in [1.82, 2.24) is 13.7 Å². The zero-order chi connectivity index (χ0) is 36.6. The van der Waals surface area contributed by atoms with E-state index < -0.39 is 0 Å². The van der Waals surface area contributed by atoms with Crippen molar-refractivity contribution in [2.75, 3.05) is 0 Å². The molecule has 0 saturated carbocycles. The SMILES string of the molecule is [C-]#[N+]c1cccc(-c2ccc(-n3c4ccccc4c4c(-n5c6ccccc6c6ccccc65)cccc43)cc2)c1-n1c2ccccc2c2c(C#N)cccc21. The highest BCUT2D eigenvalue weighted by molar-refractivity contribution is 6.17. The fraction of sp³-hybridized carbons (Fsp3) is 0. The van der Waals surface area contributed by atoms with Gasteiger partial charge in [0.15, 0.2) is 0 Å². The summed E-state index contributed by atoms with van der Waals surface area (Å²) in [5.41, 5.74) is 12.6. The fourth-order valence-electron chi connectivity index (χ4n) is 8.88. The van der Waals surface area contributed by atoms with Crippen molar-refractivity contribution < 1.29 is 0 Å². The Morgan fingerprint density at radius 2 is 0.945 bits per heavy atom. The van der Waals surface area contributed by atoms with E-state index in [2.05, 4.69) is 158 Å². The molecule has 0 aliphatic rings. The molecule has 0 aliphatic heterocycles. The molecule has 0 amide bonds. The van der Waals surface area contributed by atoms with E-state index in [0.717, 1.165) is 61.0 Å². The molecule has 5 heteroatoms. The van der Waals surface area contributed by atoms with Crippen molar-refractivity contribution in [2.24, 2.45) is 0 Å². The molecule has 0 fully saturated rings. The fourth-order valence-corrected chi connectivity index (χ4v) is 8.88. The minimum atomic E-state index is 0.548. The summed E-state index contributed by atoms with van der Waals surface area (Å²) in [4.78, 5) is 4.02. The lowest BCUT2D eigenvalue weighted by atomic mass is 10.0. The van der Waals surface area contributed by atoms with Crippen LogP contribution in [0.25, 0.3) is 98.5 Å². The van der Waals surface area contributed by atoms with E-state index in [0.29, 0.717) is 11.3 Å². The number of nitriles is 1. The molecular weight excluding hydrogens is 671 g/mol. The zero-order valence-electron chi connectivity index (χ0n) is 29.5. The lowest BCUT2D eigenvalue weighted by Crippen LogP contribution is -1.99. The summed E-state index contributed by atoms with van der Waals surface area (Å²) >= 11 is 0. The van der Waals surface area contributed by atoms with Crippen molar-refractivity contribution >= 4 is 71.1 Å². The second kappa shape index (κ2) is 11.8. The summed E-state index contributed by atoms with van der Waals surface area (Å²) in [5.74, 6) is 0. The van der Waals surface area contributed by atoms with Gasteiger partial charge in [0, 0.05) is 38.0 Å². The molecule has 0 atom stereocenters. The summed E-state index contributed by atoms with van der Waals surface area (Å²) < 4.78 is 6.93. The molecule has 0 aliphatic carbocycles. The van der Waals surface area contributed by atoms with Crippen molar-refractivity contribution in [2.45, 2.75) is 0 Å². The van der Waals surface area contributed by atoms with Gasteiger partial charge in [0.05, 0.1) is 62.7 Å². The van der Waals surface area contributed by atoms with E-state index in [-0.39, 0.29) is 0 Å². The molecule has 0 radical (unpaired) electrons. The molecule has 5 nitrogen and oxygen atoms in total. The van der Waals surface area contributed by atoms with Gasteiger partial charge in [-0.15, -0.1) is 0 Å². The zero-order valence-corrected chi connectivity index (χ0v) is 29.5. The third-order valence-corrected chi connectivity index (χ3v) is 11.1. The number of hydrogen-bond acceptors (Lipinski definition) is 1. The summed E-state index contributed by atoms with van der Waals surface area (Å²) in [6, 6.07) is 63.6. The quantitative estimate of drug-likeness (QED) is 0.169. The van der Waals surface area contributed by atoms with Gasteiger partial charge in [-0.25, -0.2) is 4.85 Å². The van der Waals surface area contributed by atoms with E-state index in [4.69, 9.17) is 6.57 Å². The number of hydrogen-bond donors (Lipinski definition) is 0. The van der Waals surface area contributed by atoms with Crippen LogP contribution in [0.5, 0.6) is 0 Å². The molecule has 254 valence electrons. The van der Waals surface area contributed by atoms with Crippen LogP contribution in [-0.4, -0.2) is 13.7 Å². The molecule has 3 heterocycles. The molecule has 0 saturated heterocycles. The lowest BCUT2D eigenvalue weighted by molar-refractivity contribution is 1.17. The molecule has 11 aromatic rings. The standard InChI is InChI=1S/C50H29N5/c1-52-40-19-11-18-35(50(40)55-44-23-9-4-16-38(44)48-33(31-51)13-10-24-45(48)55)32-27-29-34(30-28-32)53-43-22-8-5-17-39(43)49-46(53)25-12-26-47(49)54-41-20-6-2-14-36(41)37-15-3-7-21-42(37)54/h2-30H. The minimum absolute atomic E-state index is 0.548. The average molecular weight is 700 g/mol. The number of rotatable bonds is 4. The van der Waals surface area contributed by atoms with Crippen LogP contribution in [0, 0.1) is 17.9 Å². The second-order valence-corrected chi connectivity index (χ2v) is 13.9. The Bertz CT molecular complexity index is 3400. The van der Waals surface area contributed by atoms with Crippen molar-refractivity contribution in [3.63, 3.8) is 0 Å². The molecule has 0 N–H and O–H groups in total. The summed E-state index contributed by atoms with van der Waals surface area (Å²) in [5, 5.41) is 16.8. The number of benzene rings is 8. The highest BCUT2D eigenvalue weighted by Gasteiger charge is 2.22. The predicted molar refractivity (Wildman–Crippen MR) is 226 cm³/mol. The number of para-hydroxylation sites is 5. The van der Waals surface area contributed by atoms with Crippen LogP contribution in [0.3, 0.4) is 0 Å². The van der Waals surface area contributed by atoms with Gasteiger partial charge in [-0.05, 0) is 71.8 Å². The van der Waals surface area contributed by atoms with E-state index in [1.807, 2.05) is 42.5 Å². The highest BCUT2D eigenvalue weighted by Crippen LogP contribution is 2.43. The van der Waals surface area contributed by atoms with Crippen LogP contribution in [0.15, 0.2) is 176 Å². The first-order valence-electron chi connectivity index (χ1n) is 18.3. The first-order valence-corrected chi connectivity index (χ1v) is 18.3. The van der Waals surface area contributed by atoms with E-state index in [9.17, 15) is 5.26 Å². The monoisotopic (exact) mass is 699 g/mol. The average Bonchev–Trinajstić information content (AvgIpc) is 3.89. The Morgan fingerprint density at radius 1 is 0.436 bits per heavy atom. The lowest BCUT2D eigenvalue weighted by Gasteiger charge is -2.17. The molecule has 0 unspecified atom stereocenters. The molecule has 8 aromatic carbocycles. The second-order valence-electron chi connectivity index (χ2n) is 13.9. The van der Waals surface area contributed by atoms with Crippen molar-refractivity contribution in [1.29, 1.82) is 5.26 Å². The number of aromatic nitrogens is 3. The smallest absolute Gasteiger partial charge is 0.211 e. The molecule has 0 spiro atoms. The normalized spacial score (nSPS) is 11.6. The van der Waals surface area contributed by atoms with E-state index in [1.54, 1.807) is 0 Å². The molecular formula is C50H29N5. The largest absolute Gasteiger partial charge is 0.318 e. The highest BCUT2D eigenvalue weighted by atomic mass is 15.0. The minimum Gasteiger partial charge on any atom is -0.318 e. The Balaban J connectivity index is 1.12.